The minimum absolute atomic E-state index is 0.287. The van der Waals surface area contributed by atoms with Crippen molar-refractivity contribution in [2.24, 2.45) is 0 Å². The highest BCUT2D eigenvalue weighted by Gasteiger charge is 2.40. The lowest BCUT2D eigenvalue weighted by atomic mass is 9.96. The Kier molecular flexibility index (Phi) is 5.34. The SMILES string of the molecule is Cc1cc(Nc2nc(NC3C[C@H]4CC[C@@H](C3)N4CCC#N)c3cccnc3c2C#N)n[nH]1. The summed E-state index contributed by atoms with van der Waals surface area (Å²) in [4.78, 5) is 11.8. The Bertz CT molecular complexity index is 1200. The first-order chi connectivity index (χ1) is 15.7. The van der Waals surface area contributed by atoms with E-state index in [4.69, 9.17) is 10.2 Å². The number of aromatic nitrogens is 4. The molecule has 0 saturated carbocycles. The van der Waals surface area contributed by atoms with E-state index in [0.29, 0.717) is 41.2 Å². The average molecular weight is 428 g/mol. The molecule has 2 fully saturated rings. The molecule has 32 heavy (non-hydrogen) atoms. The van der Waals surface area contributed by atoms with E-state index in [9.17, 15) is 5.26 Å². The minimum atomic E-state index is 0.287. The molecule has 2 aliphatic rings. The number of nitriles is 2. The van der Waals surface area contributed by atoms with Crippen LogP contribution in [0.5, 0.6) is 0 Å². The van der Waals surface area contributed by atoms with Crippen molar-refractivity contribution in [3.8, 4) is 12.1 Å². The Morgan fingerprint density at radius 3 is 2.72 bits per heavy atom. The Morgan fingerprint density at radius 2 is 2.03 bits per heavy atom. The molecule has 3 aromatic heterocycles. The quantitative estimate of drug-likeness (QED) is 0.544. The van der Waals surface area contributed by atoms with Gasteiger partial charge in [0.25, 0.3) is 0 Å². The molecule has 3 atom stereocenters. The van der Waals surface area contributed by atoms with Gasteiger partial charge in [0.15, 0.2) is 11.6 Å². The van der Waals surface area contributed by atoms with E-state index in [1.807, 2.05) is 25.1 Å². The molecule has 3 N–H and O–H groups in total. The van der Waals surface area contributed by atoms with Crippen LogP contribution < -0.4 is 10.6 Å². The number of H-pyrrole nitrogens is 1. The van der Waals surface area contributed by atoms with Gasteiger partial charge < -0.3 is 10.6 Å². The number of anilines is 3. The molecule has 9 heteroatoms. The lowest BCUT2D eigenvalue weighted by Crippen LogP contribution is -2.47. The number of nitrogens with zero attached hydrogens (tertiary/aromatic N) is 6. The maximum Gasteiger partial charge on any atom is 0.154 e. The summed E-state index contributed by atoms with van der Waals surface area (Å²) in [5.41, 5.74) is 1.94. The number of hydrogen-bond donors (Lipinski definition) is 3. The fourth-order valence-corrected chi connectivity index (χ4v) is 5.18. The fourth-order valence-electron chi connectivity index (χ4n) is 5.18. The van der Waals surface area contributed by atoms with Crippen molar-refractivity contribution in [3.63, 3.8) is 0 Å². The highest BCUT2D eigenvalue weighted by molar-refractivity contribution is 5.96. The smallest absolute Gasteiger partial charge is 0.154 e. The van der Waals surface area contributed by atoms with Crippen molar-refractivity contribution in [1.29, 1.82) is 10.5 Å². The first-order valence-electron chi connectivity index (χ1n) is 11.0. The van der Waals surface area contributed by atoms with Crippen molar-refractivity contribution in [3.05, 3.63) is 35.7 Å². The van der Waals surface area contributed by atoms with E-state index in [1.54, 1.807) is 6.20 Å². The second kappa shape index (κ2) is 8.45. The van der Waals surface area contributed by atoms with Crippen LogP contribution in [0.15, 0.2) is 24.4 Å². The molecule has 1 unspecified atom stereocenters. The van der Waals surface area contributed by atoms with Crippen molar-refractivity contribution < 1.29 is 0 Å². The summed E-state index contributed by atoms with van der Waals surface area (Å²) < 4.78 is 0. The maximum absolute atomic E-state index is 9.84. The van der Waals surface area contributed by atoms with Crippen LogP contribution in [0.25, 0.3) is 10.9 Å². The van der Waals surface area contributed by atoms with Crippen molar-refractivity contribution in [2.75, 3.05) is 17.2 Å². The summed E-state index contributed by atoms with van der Waals surface area (Å²) in [7, 11) is 0. The topological polar surface area (TPSA) is 129 Å². The molecule has 0 aliphatic carbocycles. The average Bonchev–Trinajstić information content (AvgIpc) is 3.31. The van der Waals surface area contributed by atoms with Crippen molar-refractivity contribution in [2.45, 2.75) is 57.2 Å². The zero-order chi connectivity index (χ0) is 22.1. The van der Waals surface area contributed by atoms with E-state index >= 15 is 0 Å². The summed E-state index contributed by atoms with van der Waals surface area (Å²) >= 11 is 0. The van der Waals surface area contributed by atoms with Gasteiger partial charge in [-0.2, -0.15) is 15.6 Å². The standard InChI is InChI=1S/C23H25N9/c1-14-10-20(31-30-14)28-23-19(13-25)21-18(4-2-8-26-21)22(29-23)27-15-11-16-5-6-17(12-15)32(16)9-3-7-24/h2,4,8,10,15-17H,3,5-6,9,11-12H2,1H3,(H3,27,28,29,30,31)/t15?,16-,17+. The lowest BCUT2D eigenvalue weighted by Gasteiger charge is -2.39. The third kappa shape index (κ3) is 3.72. The summed E-state index contributed by atoms with van der Waals surface area (Å²) in [5, 5.41) is 33.6. The second-order valence-corrected chi connectivity index (χ2v) is 8.60. The molecule has 2 saturated heterocycles. The van der Waals surface area contributed by atoms with Crippen LogP contribution in [0.4, 0.5) is 17.5 Å². The molecule has 0 amide bonds. The number of fused-ring (bicyclic) bond motifs is 3. The van der Waals surface area contributed by atoms with E-state index < -0.39 is 0 Å². The summed E-state index contributed by atoms with van der Waals surface area (Å²) in [6, 6.07) is 11.5. The highest BCUT2D eigenvalue weighted by atomic mass is 15.2. The molecule has 0 radical (unpaired) electrons. The predicted molar refractivity (Wildman–Crippen MR) is 121 cm³/mol. The number of piperidine rings is 1. The summed E-state index contributed by atoms with van der Waals surface area (Å²) in [5.74, 6) is 1.79. The van der Waals surface area contributed by atoms with E-state index in [-0.39, 0.29) is 6.04 Å². The Morgan fingerprint density at radius 1 is 1.22 bits per heavy atom. The molecule has 5 rings (SSSR count). The zero-order valence-corrected chi connectivity index (χ0v) is 18.0. The maximum atomic E-state index is 9.84. The Hall–Kier alpha value is -3.69. The molecule has 2 bridgehead atoms. The second-order valence-electron chi connectivity index (χ2n) is 8.60. The minimum Gasteiger partial charge on any atom is -0.367 e. The normalized spacial score (nSPS) is 22.4. The van der Waals surface area contributed by atoms with Crippen LogP contribution in [0.3, 0.4) is 0 Å². The van der Waals surface area contributed by atoms with Crippen molar-refractivity contribution in [1.82, 2.24) is 25.1 Å². The van der Waals surface area contributed by atoms with Gasteiger partial charge in [-0.1, -0.05) is 0 Å². The van der Waals surface area contributed by atoms with Crippen LogP contribution in [0, 0.1) is 29.6 Å². The number of aromatic amines is 1. The molecule has 0 aromatic carbocycles. The van der Waals surface area contributed by atoms with Crippen LogP contribution in [-0.4, -0.2) is 49.7 Å². The first kappa shape index (κ1) is 20.2. The fraction of sp³-hybridized carbons (Fsp3) is 0.435. The number of hydrogen-bond acceptors (Lipinski definition) is 8. The van der Waals surface area contributed by atoms with Gasteiger partial charge >= 0.3 is 0 Å². The van der Waals surface area contributed by atoms with E-state index in [0.717, 1.165) is 36.3 Å². The molecule has 5 heterocycles. The van der Waals surface area contributed by atoms with Crippen molar-refractivity contribution >= 4 is 28.4 Å². The van der Waals surface area contributed by atoms with E-state index in [2.05, 4.69) is 42.9 Å². The number of nitrogens with one attached hydrogen (secondary N) is 3. The largest absolute Gasteiger partial charge is 0.367 e. The van der Waals surface area contributed by atoms with Crippen LogP contribution >= 0.6 is 0 Å². The van der Waals surface area contributed by atoms with Crippen LogP contribution in [0.1, 0.15) is 43.4 Å². The van der Waals surface area contributed by atoms with Gasteiger partial charge in [0.2, 0.25) is 0 Å². The molecule has 0 spiro atoms. The molecule has 3 aromatic rings. The summed E-state index contributed by atoms with van der Waals surface area (Å²) in [6.07, 6.45) is 6.69. The highest BCUT2D eigenvalue weighted by Crippen LogP contribution is 2.38. The van der Waals surface area contributed by atoms with Crippen LogP contribution in [0.2, 0.25) is 0 Å². The van der Waals surface area contributed by atoms with Gasteiger partial charge in [-0.05, 0) is 44.7 Å². The number of rotatable bonds is 6. The first-order valence-corrected chi connectivity index (χ1v) is 11.0. The third-order valence-electron chi connectivity index (χ3n) is 6.53. The predicted octanol–water partition coefficient (Wildman–Crippen LogP) is 3.60. The van der Waals surface area contributed by atoms with Crippen LogP contribution in [-0.2, 0) is 0 Å². The molecule has 2 aliphatic heterocycles. The zero-order valence-electron chi connectivity index (χ0n) is 18.0. The molecule has 162 valence electrons. The third-order valence-corrected chi connectivity index (χ3v) is 6.53. The Labute approximate surface area is 186 Å². The number of pyridine rings is 2. The van der Waals surface area contributed by atoms with Gasteiger partial charge in [-0.25, -0.2) is 4.98 Å². The summed E-state index contributed by atoms with van der Waals surface area (Å²) in [6.45, 7) is 2.78. The van der Waals surface area contributed by atoms with Gasteiger partial charge in [0.1, 0.15) is 17.5 Å². The van der Waals surface area contributed by atoms with Gasteiger partial charge in [0, 0.05) is 54.4 Å². The molecular weight excluding hydrogens is 402 g/mol. The van der Waals surface area contributed by atoms with E-state index in [1.165, 1.54) is 12.8 Å². The van der Waals surface area contributed by atoms with Gasteiger partial charge in [-0.3, -0.25) is 15.0 Å². The molecule has 9 nitrogen and oxygen atoms in total. The monoisotopic (exact) mass is 427 g/mol. The Balaban J connectivity index is 1.45. The van der Waals surface area contributed by atoms with Gasteiger partial charge in [0.05, 0.1) is 11.6 Å². The lowest BCUT2D eigenvalue weighted by molar-refractivity contribution is 0.136. The molecular formula is C23H25N9. The number of aryl methyl sites for hydroxylation is 1. The van der Waals surface area contributed by atoms with Gasteiger partial charge in [-0.15, -0.1) is 0 Å².